The molecule has 2 aromatic rings. The largest absolute Gasteiger partial charge is 0.487 e. The van der Waals surface area contributed by atoms with Gasteiger partial charge in [0, 0.05) is 51.5 Å². The molecule has 1 aromatic heterocycles. The molecule has 1 saturated heterocycles. The molecular formula is C23H29FN6O. The van der Waals surface area contributed by atoms with Crippen LogP contribution in [0.4, 0.5) is 16.0 Å². The second-order valence-corrected chi connectivity index (χ2v) is 8.64. The summed E-state index contributed by atoms with van der Waals surface area (Å²) in [5.74, 6) is 1.45. The molecule has 0 atom stereocenters. The Morgan fingerprint density at radius 1 is 1.19 bits per heavy atom. The van der Waals surface area contributed by atoms with Gasteiger partial charge in [-0.3, -0.25) is 0 Å². The lowest BCUT2D eigenvalue weighted by Crippen LogP contribution is -2.40. The molecule has 1 aromatic carbocycles. The number of nitriles is 1. The van der Waals surface area contributed by atoms with Crippen molar-refractivity contribution in [2.24, 2.45) is 0 Å². The number of nitrogens with zero attached hydrogens (tertiary/aromatic N) is 5. The number of hydrogen-bond acceptors (Lipinski definition) is 7. The van der Waals surface area contributed by atoms with Crippen LogP contribution in [0.5, 0.6) is 5.75 Å². The molecule has 2 aliphatic rings. The normalized spacial score (nSPS) is 17.4. The zero-order chi connectivity index (χ0) is 22.0. The second kappa shape index (κ2) is 9.06. The molecule has 1 fully saturated rings. The minimum absolute atomic E-state index is 0.0723. The highest BCUT2D eigenvalue weighted by Crippen LogP contribution is 2.30. The molecule has 0 amide bonds. The van der Waals surface area contributed by atoms with Gasteiger partial charge in [-0.25, -0.2) is 14.4 Å². The van der Waals surface area contributed by atoms with Crippen LogP contribution in [0.3, 0.4) is 0 Å². The fourth-order valence-corrected chi connectivity index (χ4v) is 4.07. The summed E-state index contributed by atoms with van der Waals surface area (Å²) < 4.78 is 20.1. The summed E-state index contributed by atoms with van der Waals surface area (Å²) in [7, 11) is 2.11. The third-order valence-electron chi connectivity index (χ3n) is 5.70. The predicted octanol–water partition coefficient (Wildman–Crippen LogP) is 3.34. The number of hydrogen-bond donors (Lipinski definition) is 1. The van der Waals surface area contributed by atoms with Crippen molar-refractivity contribution in [3.05, 3.63) is 41.0 Å². The minimum atomic E-state index is -0.491. The summed E-state index contributed by atoms with van der Waals surface area (Å²) >= 11 is 0. The number of fused-ring (bicyclic) bond motifs is 1. The molecule has 0 spiro atoms. The summed E-state index contributed by atoms with van der Waals surface area (Å²) in [6.07, 6.45) is 2.37. The van der Waals surface area contributed by atoms with E-state index in [2.05, 4.69) is 36.0 Å². The summed E-state index contributed by atoms with van der Waals surface area (Å²) in [5.41, 5.74) is 2.43. The van der Waals surface area contributed by atoms with E-state index in [1.54, 1.807) is 6.07 Å². The van der Waals surface area contributed by atoms with Gasteiger partial charge in [0.25, 0.3) is 0 Å². The molecule has 0 aliphatic carbocycles. The number of halogens is 1. The Labute approximate surface area is 182 Å². The van der Waals surface area contributed by atoms with Gasteiger partial charge >= 0.3 is 0 Å². The van der Waals surface area contributed by atoms with E-state index in [-0.39, 0.29) is 17.9 Å². The van der Waals surface area contributed by atoms with E-state index in [1.165, 1.54) is 12.1 Å². The SMILES string of the molecule is CC(C)Nc1nc2c(nc1N1CCC(Oc3ccc(C#N)cc3F)CC1)CN(C)CC2. The van der Waals surface area contributed by atoms with Gasteiger partial charge in [0.1, 0.15) is 6.10 Å². The topological polar surface area (TPSA) is 77.3 Å². The first-order valence-electron chi connectivity index (χ1n) is 10.9. The van der Waals surface area contributed by atoms with Crippen LogP contribution in [0.25, 0.3) is 0 Å². The maximum absolute atomic E-state index is 14.2. The van der Waals surface area contributed by atoms with Crippen molar-refractivity contribution >= 4 is 11.6 Å². The molecule has 1 N–H and O–H groups in total. The number of anilines is 2. The van der Waals surface area contributed by atoms with E-state index in [4.69, 9.17) is 20.0 Å². The third kappa shape index (κ3) is 4.88. The summed E-state index contributed by atoms with van der Waals surface area (Å²) in [6.45, 7) is 7.54. The number of ether oxygens (including phenoxy) is 1. The number of aromatic nitrogens is 2. The lowest BCUT2D eigenvalue weighted by molar-refractivity contribution is 0.163. The van der Waals surface area contributed by atoms with E-state index in [0.29, 0.717) is 5.56 Å². The van der Waals surface area contributed by atoms with Crippen molar-refractivity contribution in [2.45, 2.75) is 51.8 Å². The monoisotopic (exact) mass is 424 g/mol. The fourth-order valence-electron chi connectivity index (χ4n) is 4.07. The van der Waals surface area contributed by atoms with Crippen LogP contribution < -0.4 is 15.0 Å². The highest BCUT2D eigenvalue weighted by Gasteiger charge is 2.27. The Morgan fingerprint density at radius 2 is 1.97 bits per heavy atom. The lowest BCUT2D eigenvalue weighted by atomic mass is 10.1. The lowest BCUT2D eigenvalue weighted by Gasteiger charge is -2.35. The van der Waals surface area contributed by atoms with E-state index in [1.807, 2.05) is 6.07 Å². The first-order valence-corrected chi connectivity index (χ1v) is 10.9. The molecular weight excluding hydrogens is 395 g/mol. The van der Waals surface area contributed by atoms with Crippen LogP contribution >= 0.6 is 0 Å². The highest BCUT2D eigenvalue weighted by atomic mass is 19.1. The quantitative estimate of drug-likeness (QED) is 0.789. The number of benzene rings is 1. The second-order valence-electron chi connectivity index (χ2n) is 8.64. The van der Waals surface area contributed by atoms with Crippen LogP contribution in [0.2, 0.25) is 0 Å². The average molecular weight is 425 g/mol. The van der Waals surface area contributed by atoms with Gasteiger partial charge in [-0.15, -0.1) is 0 Å². The minimum Gasteiger partial charge on any atom is -0.487 e. The molecule has 4 rings (SSSR count). The standard InChI is InChI=1S/C23H29FN6O/c1-15(2)26-22-23(28-20-14-29(3)9-8-19(20)27-22)30-10-6-17(7-11-30)31-21-5-4-16(13-25)12-18(21)24/h4-5,12,15,17H,6-11,14H2,1-3H3,(H,26,27). The van der Waals surface area contributed by atoms with Crippen LogP contribution in [-0.2, 0) is 13.0 Å². The van der Waals surface area contributed by atoms with Crippen molar-refractivity contribution in [2.75, 3.05) is 36.9 Å². The van der Waals surface area contributed by atoms with Gasteiger partial charge in [-0.2, -0.15) is 5.26 Å². The van der Waals surface area contributed by atoms with Crippen molar-refractivity contribution in [3.8, 4) is 11.8 Å². The number of nitrogens with one attached hydrogen (secondary N) is 1. The maximum atomic E-state index is 14.2. The van der Waals surface area contributed by atoms with Crippen LogP contribution in [-0.4, -0.2) is 53.7 Å². The van der Waals surface area contributed by atoms with Crippen LogP contribution in [0, 0.1) is 17.1 Å². The number of piperidine rings is 1. The highest BCUT2D eigenvalue weighted by molar-refractivity contribution is 5.62. The molecule has 0 saturated carbocycles. The Morgan fingerprint density at radius 3 is 2.65 bits per heavy atom. The van der Waals surface area contributed by atoms with Gasteiger partial charge in [0.15, 0.2) is 23.2 Å². The molecule has 164 valence electrons. The molecule has 0 unspecified atom stereocenters. The van der Waals surface area contributed by atoms with Crippen molar-refractivity contribution in [1.82, 2.24) is 14.9 Å². The molecule has 31 heavy (non-hydrogen) atoms. The average Bonchev–Trinajstić information content (AvgIpc) is 2.75. The zero-order valence-corrected chi connectivity index (χ0v) is 18.4. The van der Waals surface area contributed by atoms with Gasteiger partial charge < -0.3 is 19.9 Å². The van der Waals surface area contributed by atoms with Crippen molar-refractivity contribution < 1.29 is 9.13 Å². The summed E-state index contributed by atoms with van der Waals surface area (Å²) in [4.78, 5) is 14.5. The number of likely N-dealkylation sites (N-methyl/N-ethyl adjacent to an activating group) is 1. The van der Waals surface area contributed by atoms with E-state index < -0.39 is 5.82 Å². The Bertz CT molecular complexity index is 981. The Balaban J connectivity index is 1.47. The van der Waals surface area contributed by atoms with Gasteiger partial charge in [0.05, 0.1) is 23.0 Å². The van der Waals surface area contributed by atoms with E-state index in [0.717, 1.165) is 68.5 Å². The molecule has 3 heterocycles. The first-order chi connectivity index (χ1) is 14.9. The summed E-state index contributed by atoms with van der Waals surface area (Å²) in [6, 6.07) is 6.54. The molecule has 7 nitrogen and oxygen atoms in total. The first kappa shape index (κ1) is 21.3. The van der Waals surface area contributed by atoms with E-state index >= 15 is 0 Å². The molecule has 2 aliphatic heterocycles. The Hall–Kier alpha value is -2.92. The third-order valence-corrected chi connectivity index (χ3v) is 5.70. The van der Waals surface area contributed by atoms with Crippen molar-refractivity contribution in [3.63, 3.8) is 0 Å². The Kier molecular flexibility index (Phi) is 6.23. The number of rotatable bonds is 5. The van der Waals surface area contributed by atoms with Gasteiger partial charge in [0.2, 0.25) is 0 Å². The predicted molar refractivity (Wildman–Crippen MR) is 118 cm³/mol. The molecule has 0 radical (unpaired) electrons. The van der Waals surface area contributed by atoms with E-state index in [9.17, 15) is 4.39 Å². The smallest absolute Gasteiger partial charge is 0.172 e. The van der Waals surface area contributed by atoms with Gasteiger partial charge in [-0.05, 0) is 39.1 Å². The van der Waals surface area contributed by atoms with Crippen molar-refractivity contribution in [1.29, 1.82) is 5.26 Å². The maximum Gasteiger partial charge on any atom is 0.172 e. The fraction of sp³-hybridized carbons (Fsp3) is 0.522. The molecule has 0 bridgehead atoms. The van der Waals surface area contributed by atoms with Crippen LogP contribution in [0.15, 0.2) is 18.2 Å². The summed E-state index contributed by atoms with van der Waals surface area (Å²) in [5, 5.41) is 12.4. The van der Waals surface area contributed by atoms with Gasteiger partial charge in [-0.1, -0.05) is 0 Å². The molecule has 8 heteroatoms. The van der Waals surface area contributed by atoms with Crippen LogP contribution in [0.1, 0.15) is 43.6 Å². The zero-order valence-electron chi connectivity index (χ0n) is 18.4.